The van der Waals surface area contributed by atoms with Crippen LogP contribution >= 0.6 is 15.9 Å². The third-order valence-corrected chi connectivity index (χ3v) is 5.80. The Bertz CT molecular complexity index is 1110. The molecule has 0 amide bonds. The van der Waals surface area contributed by atoms with E-state index in [2.05, 4.69) is 39.1 Å². The second-order valence-electron chi connectivity index (χ2n) is 7.38. The average molecular weight is 478 g/mol. The average Bonchev–Trinajstić information content (AvgIpc) is 3.29. The number of esters is 1. The van der Waals surface area contributed by atoms with Gasteiger partial charge in [0, 0.05) is 16.2 Å². The Balaban J connectivity index is 1.69. The van der Waals surface area contributed by atoms with Gasteiger partial charge >= 0.3 is 5.97 Å². The molecule has 0 unspecified atom stereocenters. The first kappa shape index (κ1) is 21.3. The summed E-state index contributed by atoms with van der Waals surface area (Å²) in [6.07, 6.45) is 4.58. The molecular weight excluding hydrogens is 454 g/mol. The molecule has 1 aliphatic rings. The van der Waals surface area contributed by atoms with E-state index in [0.29, 0.717) is 18.8 Å². The van der Waals surface area contributed by atoms with E-state index in [1.165, 1.54) is 5.57 Å². The monoisotopic (exact) mass is 477 g/mol. The van der Waals surface area contributed by atoms with Crippen LogP contribution in [0.5, 0.6) is 5.75 Å². The smallest absolute Gasteiger partial charge is 0.338 e. The second-order valence-corrected chi connectivity index (χ2v) is 8.29. The summed E-state index contributed by atoms with van der Waals surface area (Å²) in [4.78, 5) is 16.8. The molecule has 0 aliphatic heterocycles. The van der Waals surface area contributed by atoms with Gasteiger partial charge in [-0.3, -0.25) is 4.98 Å². The van der Waals surface area contributed by atoms with Gasteiger partial charge in [0.2, 0.25) is 0 Å². The number of carbonyl (C=O) groups excluding carboxylic acids is 1. The van der Waals surface area contributed by atoms with E-state index in [0.717, 1.165) is 51.9 Å². The Hall–Kier alpha value is -2.92. The number of carbonyl (C=O) groups is 1. The minimum absolute atomic E-state index is 0.319. The largest absolute Gasteiger partial charge is 0.488 e. The molecule has 1 aliphatic carbocycles. The SMILES string of the molecule is CCOC(=O)c1ccnc(C2=C(c3cc(Br)ccc3OCc3ccccc3)CCC2)c1. The molecule has 0 fully saturated rings. The zero-order valence-electron chi connectivity index (χ0n) is 17.4. The van der Waals surface area contributed by atoms with Crippen LogP contribution in [0, 0.1) is 0 Å². The topological polar surface area (TPSA) is 48.4 Å². The molecule has 2 aromatic carbocycles. The van der Waals surface area contributed by atoms with Gasteiger partial charge in [0.1, 0.15) is 12.4 Å². The van der Waals surface area contributed by atoms with Gasteiger partial charge in [-0.15, -0.1) is 0 Å². The van der Waals surface area contributed by atoms with Crippen molar-refractivity contribution < 1.29 is 14.3 Å². The van der Waals surface area contributed by atoms with Gasteiger partial charge in [0.15, 0.2) is 0 Å². The van der Waals surface area contributed by atoms with Gasteiger partial charge in [-0.25, -0.2) is 4.79 Å². The van der Waals surface area contributed by atoms with E-state index < -0.39 is 0 Å². The maximum absolute atomic E-state index is 12.2. The first-order chi connectivity index (χ1) is 15.2. The van der Waals surface area contributed by atoms with Crippen LogP contribution < -0.4 is 4.74 Å². The predicted octanol–water partition coefficient (Wildman–Crippen LogP) is 6.69. The second kappa shape index (κ2) is 9.92. The van der Waals surface area contributed by atoms with Crippen molar-refractivity contribution in [2.45, 2.75) is 32.8 Å². The van der Waals surface area contributed by atoms with Gasteiger partial charge in [-0.1, -0.05) is 46.3 Å². The number of benzene rings is 2. The molecule has 0 radical (unpaired) electrons. The standard InChI is InChI=1S/C26H24BrNO3/c1-2-30-26(29)19-13-14-28-24(15-19)22-10-6-9-21(22)23-16-20(27)11-12-25(23)31-17-18-7-4-3-5-8-18/h3-5,7-8,11-16H,2,6,9-10,17H2,1H3. The van der Waals surface area contributed by atoms with E-state index in [1.54, 1.807) is 12.3 Å². The van der Waals surface area contributed by atoms with Crippen molar-refractivity contribution in [2.24, 2.45) is 0 Å². The van der Waals surface area contributed by atoms with E-state index >= 15 is 0 Å². The zero-order chi connectivity index (χ0) is 21.6. The number of allylic oxidation sites excluding steroid dienone is 2. The summed E-state index contributed by atoms with van der Waals surface area (Å²) in [5.41, 5.74) is 5.93. The molecule has 5 heteroatoms. The molecule has 4 nitrogen and oxygen atoms in total. The summed E-state index contributed by atoms with van der Waals surface area (Å²) in [6, 6.07) is 19.8. The Morgan fingerprint density at radius 1 is 1.03 bits per heavy atom. The number of aromatic nitrogens is 1. The summed E-state index contributed by atoms with van der Waals surface area (Å²) in [6.45, 7) is 2.67. The number of rotatable bonds is 7. The Labute approximate surface area is 191 Å². The first-order valence-corrected chi connectivity index (χ1v) is 11.3. The lowest BCUT2D eigenvalue weighted by atomic mass is 9.98. The molecule has 0 N–H and O–H groups in total. The van der Waals surface area contributed by atoms with Crippen molar-refractivity contribution in [1.82, 2.24) is 4.98 Å². The molecule has 0 bridgehead atoms. The van der Waals surface area contributed by atoms with Gasteiger partial charge in [-0.2, -0.15) is 0 Å². The summed E-state index contributed by atoms with van der Waals surface area (Å²) in [5, 5.41) is 0. The molecule has 0 saturated heterocycles. The molecule has 3 aromatic rings. The van der Waals surface area contributed by atoms with Gasteiger partial charge in [0.25, 0.3) is 0 Å². The lowest BCUT2D eigenvalue weighted by molar-refractivity contribution is 0.0526. The van der Waals surface area contributed by atoms with Crippen LogP contribution in [-0.2, 0) is 11.3 Å². The summed E-state index contributed by atoms with van der Waals surface area (Å²) in [7, 11) is 0. The molecule has 4 rings (SSSR count). The summed E-state index contributed by atoms with van der Waals surface area (Å²) >= 11 is 3.61. The lowest BCUT2D eigenvalue weighted by Crippen LogP contribution is -2.05. The molecule has 1 aromatic heterocycles. The lowest BCUT2D eigenvalue weighted by Gasteiger charge is -2.15. The molecule has 0 spiro atoms. The van der Waals surface area contributed by atoms with Crippen molar-refractivity contribution in [3.8, 4) is 5.75 Å². The van der Waals surface area contributed by atoms with Gasteiger partial charge in [0.05, 0.1) is 17.9 Å². The van der Waals surface area contributed by atoms with Gasteiger partial charge < -0.3 is 9.47 Å². The zero-order valence-corrected chi connectivity index (χ0v) is 19.0. The molecule has 0 saturated carbocycles. The first-order valence-electron chi connectivity index (χ1n) is 10.5. The molecular formula is C26H24BrNO3. The number of ether oxygens (including phenoxy) is 2. The fourth-order valence-electron chi connectivity index (χ4n) is 3.86. The van der Waals surface area contributed by atoms with Crippen molar-refractivity contribution in [3.63, 3.8) is 0 Å². The number of pyridine rings is 1. The van der Waals surface area contributed by atoms with Crippen molar-refractivity contribution in [2.75, 3.05) is 6.61 Å². The maximum atomic E-state index is 12.2. The van der Waals surface area contributed by atoms with Gasteiger partial charge in [-0.05, 0) is 73.2 Å². The number of nitrogens with zero attached hydrogens (tertiary/aromatic N) is 1. The minimum atomic E-state index is -0.319. The molecule has 1 heterocycles. The van der Waals surface area contributed by atoms with Crippen LogP contribution in [0.15, 0.2) is 71.3 Å². The number of hydrogen-bond acceptors (Lipinski definition) is 4. The van der Waals surface area contributed by atoms with Crippen LogP contribution in [0.3, 0.4) is 0 Å². The highest BCUT2D eigenvalue weighted by molar-refractivity contribution is 9.10. The highest BCUT2D eigenvalue weighted by Crippen LogP contribution is 2.43. The minimum Gasteiger partial charge on any atom is -0.488 e. The number of hydrogen-bond donors (Lipinski definition) is 0. The fraction of sp³-hybridized carbons (Fsp3) is 0.231. The highest BCUT2D eigenvalue weighted by atomic mass is 79.9. The van der Waals surface area contributed by atoms with Crippen molar-refractivity contribution in [1.29, 1.82) is 0 Å². The normalized spacial score (nSPS) is 13.4. The van der Waals surface area contributed by atoms with Crippen molar-refractivity contribution >= 4 is 33.0 Å². The van der Waals surface area contributed by atoms with Crippen LogP contribution in [-0.4, -0.2) is 17.6 Å². The molecule has 158 valence electrons. The van der Waals surface area contributed by atoms with E-state index in [9.17, 15) is 4.79 Å². The van der Waals surface area contributed by atoms with Crippen LogP contribution in [0.4, 0.5) is 0 Å². The molecule has 31 heavy (non-hydrogen) atoms. The third kappa shape index (κ3) is 5.05. The Kier molecular flexibility index (Phi) is 6.82. The van der Waals surface area contributed by atoms with Crippen LogP contribution in [0.2, 0.25) is 0 Å². The Morgan fingerprint density at radius 2 is 1.84 bits per heavy atom. The van der Waals surface area contributed by atoms with E-state index in [1.807, 2.05) is 43.3 Å². The quantitative estimate of drug-likeness (QED) is 0.355. The summed E-state index contributed by atoms with van der Waals surface area (Å²) < 4.78 is 12.4. The summed E-state index contributed by atoms with van der Waals surface area (Å²) in [5.74, 6) is 0.531. The van der Waals surface area contributed by atoms with Crippen molar-refractivity contribution in [3.05, 3.63) is 93.7 Å². The fourth-order valence-corrected chi connectivity index (χ4v) is 4.22. The Morgan fingerprint density at radius 3 is 2.65 bits per heavy atom. The maximum Gasteiger partial charge on any atom is 0.338 e. The highest BCUT2D eigenvalue weighted by Gasteiger charge is 2.22. The number of halogens is 1. The van der Waals surface area contributed by atoms with Crippen LogP contribution in [0.25, 0.3) is 11.1 Å². The van der Waals surface area contributed by atoms with E-state index in [-0.39, 0.29) is 5.97 Å². The van der Waals surface area contributed by atoms with E-state index in [4.69, 9.17) is 9.47 Å². The third-order valence-electron chi connectivity index (χ3n) is 5.30. The van der Waals surface area contributed by atoms with Crippen LogP contribution in [0.1, 0.15) is 53.4 Å². The molecule has 0 atom stereocenters. The predicted molar refractivity (Wildman–Crippen MR) is 126 cm³/mol.